The summed E-state index contributed by atoms with van der Waals surface area (Å²) in [6.07, 6.45) is 0. The van der Waals surface area contributed by atoms with E-state index in [1.807, 2.05) is 0 Å². The van der Waals surface area contributed by atoms with Crippen LogP contribution in [-0.4, -0.2) is 11.9 Å². The molecular weight excluding hydrogens is 344 g/mol. The molecule has 0 amide bonds. The van der Waals surface area contributed by atoms with Gasteiger partial charge in [0.05, 0.1) is 8.95 Å². The van der Waals surface area contributed by atoms with E-state index in [2.05, 4.69) is 31.9 Å². The summed E-state index contributed by atoms with van der Waals surface area (Å²) in [4.78, 5) is 21.6. The van der Waals surface area contributed by atoms with Crippen molar-refractivity contribution in [3.05, 3.63) is 21.1 Å². The van der Waals surface area contributed by atoms with E-state index in [0.29, 0.717) is 20.4 Å². The second-order valence-electron chi connectivity index (χ2n) is 2.90. The van der Waals surface area contributed by atoms with Crippen molar-refractivity contribution in [3.8, 4) is 11.5 Å². The van der Waals surface area contributed by atoms with Crippen LogP contribution < -0.4 is 9.47 Å². The molecule has 0 heterocycles. The number of carbonyl (C=O) groups is 2. The monoisotopic (exact) mass is 350 g/mol. The average Bonchev–Trinajstić information content (AvgIpc) is 2.11. The fourth-order valence-electron chi connectivity index (χ4n) is 0.976. The van der Waals surface area contributed by atoms with Crippen molar-refractivity contribution in [1.82, 2.24) is 0 Å². The molecule has 1 aromatic carbocycles. The van der Waals surface area contributed by atoms with Gasteiger partial charge in [0.15, 0.2) is 0 Å². The van der Waals surface area contributed by atoms with Gasteiger partial charge in [-0.05, 0) is 31.9 Å². The number of ether oxygens (including phenoxy) is 2. The minimum Gasteiger partial charge on any atom is -0.425 e. The molecule has 0 fully saturated rings. The van der Waals surface area contributed by atoms with Crippen LogP contribution in [0.3, 0.4) is 0 Å². The number of hydrogen-bond donors (Lipinski definition) is 0. The Kier molecular flexibility index (Phi) is 4.49. The molecule has 0 atom stereocenters. The van der Waals surface area contributed by atoms with Crippen molar-refractivity contribution in [3.63, 3.8) is 0 Å². The number of carbonyl (C=O) groups excluding carboxylic acids is 2. The van der Waals surface area contributed by atoms with Crippen LogP contribution in [0.5, 0.6) is 11.5 Å². The average molecular weight is 352 g/mol. The first-order valence-electron chi connectivity index (χ1n) is 4.26. The number of hydrogen-bond acceptors (Lipinski definition) is 4. The van der Waals surface area contributed by atoms with Crippen LogP contribution in [0.25, 0.3) is 0 Å². The SMILES string of the molecule is CC(=O)Oc1cc(Br)c(OC(C)=O)cc1Br. The van der Waals surface area contributed by atoms with Gasteiger partial charge in [-0.2, -0.15) is 0 Å². The van der Waals surface area contributed by atoms with Crippen molar-refractivity contribution in [2.75, 3.05) is 0 Å². The maximum Gasteiger partial charge on any atom is 0.308 e. The zero-order chi connectivity index (χ0) is 12.3. The van der Waals surface area contributed by atoms with E-state index in [1.165, 1.54) is 13.8 Å². The molecule has 0 radical (unpaired) electrons. The van der Waals surface area contributed by atoms with Gasteiger partial charge in [0.25, 0.3) is 0 Å². The first-order chi connectivity index (χ1) is 7.40. The van der Waals surface area contributed by atoms with Crippen molar-refractivity contribution in [1.29, 1.82) is 0 Å². The number of esters is 2. The van der Waals surface area contributed by atoms with Gasteiger partial charge in [0.2, 0.25) is 0 Å². The maximum absolute atomic E-state index is 10.8. The molecule has 0 N–H and O–H groups in total. The third-order valence-electron chi connectivity index (χ3n) is 1.49. The first-order valence-corrected chi connectivity index (χ1v) is 5.84. The maximum atomic E-state index is 10.8. The highest BCUT2D eigenvalue weighted by Gasteiger charge is 2.11. The van der Waals surface area contributed by atoms with Crippen LogP contribution in [0.15, 0.2) is 21.1 Å². The first kappa shape index (κ1) is 13.2. The van der Waals surface area contributed by atoms with Crippen LogP contribution in [-0.2, 0) is 9.59 Å². The van der Waals surface area contributed by atoms with Gasteiger partial charge in [-0.15, -0.1) is 0 Å². The normalized spacial score (nSPS) is 9.75. The Morgan fingerprint density at radius 1 is 0.938 bits per heavy atom. The molecule has 0 saturated carbocycles. The van der Waals surface area contributed by atoms with E-state index in [-0.39, 0.29) is 0 Å². The summed E-state index contributed by atoms with van der Waals surface area (Å²) in [5.74, 6) is -0.133. The van der Waals surface area contributed by atoms with Gasteiger partial charge in [0, 0.05) is 26.0 Å². The summed E-state index contributed by atoms with van der Waals surface area (Å²) in [5.41, 5.74) is 0. The lowest BCUT2D eigenvalue weighted by atomic mass is 10.3. The summed E-state index contributed by atoms with van der Waals surface area (Å²) in [6, 6.07) is 3.09. The lowest BCUT2D eigenvalue weighted by Gasteiger charge is -2.08. The standard InChI is InChI=1S/C10H8Br2O4/c1-5(13)15-9-3-8(12)10(4-7(9)11)16-6(2)14/h3-4H,1-2H3. The molecule has 0 aromatic heterocycles. The lowest BCUT2D eigenvalue weighted by molar-refractivity contribution is -0.133. The molecule has 0 aliphatic carbocycles. The van der Waals surface area contributed by atoms with Gasteiger partial charge >= 0.3 is 11.9 Å². The van der Waals surface area contributed by atoms with E-state index in [4.69, 9.17) is 9.47 Å². The van der Waals surface area contributed by atoms with Gasteiger partial charge < -0.3 is 9.47 Å². The van der Waals surface area contributed by atoms with Crippen LogP contribution in [0.4, 0.5) is 0 Å². The summed E-state index contributed by atoms with van der Waals surface area (Å²) in [5, 5.41) is 0. The molecule has 16 heavy (non-hydrogen) atoms. The Balaban J connectivity index is 3.06. The summed E-state index contributed by atoms with van der Waals surface area (Å²) in [7, 11) is 0. The molecule has 0 aliphatic rings. The fourth-order valence-corrected chi connectivity index (χ4v) is 1.78. The zero-order valence-electron chi connectivity index (χ0n) is 8.54. The van der Waals surface area contributed by atoms with Gasteiger partial charge in [-0.1, -0.05) is 0 Å². The molecule has 0 unspecified atom stereocenters. The summed E-state index contributed by atoms with van der Waals surface area (Å²) >= 11 is 6.42. The fraction of sp³-hybridized carbons (Fsp3) is 0.200. The largest absolute Gasteiger partial charge is 0.425 e. The van der Waals surface area contributed by atoms with Gasteiger partial charge in [-0.3, -0.25) is 9.59 Å². The Labute approximate surface area is 109 Å². The summed E-state index contributed by atoms with van der Waals surface area (Å²) in [6.45, 7) is 2.61. The van der Waals surface area contributed by atoms with Crippen LogP contribution in [0.2, 0.25) is 0 Å². The Morgan fingerprint density at radius 3 is 1.50 bits per heavy atom. The molecular formula is C10H8Br2O4. The third kappa shape index (κ3) is 3.61. The number of halogens is 2. The van der Waals surface area contributed by atoms with Gasteiger partial charge in [-0.25, -0.2) is 0 Å². The Hall–Kier alpha value is -0.880. The van der Waals surface area contributed by atoms with Crippen LogP contribution in [0, 0.1) is 0 Å². The molecule has 6 heteroatoms. The zero-order valence-corrected chi connectivity index (χ0v) is 11.7. The predicted octanol–water partition coefficient (Wildman–Crippen LogP) is 3.06. The lowest BCUT2D eigenvalue weighted by Crippen LogP contribution is -2.04. The molecule has 1 aromatic rings. The molecule has 0 aliphatic heterocycles. The van der Waals surface area contributed by atoms with Crippen molar-refractivity contribution in [2.24, 2.45) is 0 Å². The number of rotatable bonds is 2. The van der Waals surface area contributed by atoms with E-state index < -0.39 is 11.9 Å². The van der Waals surface area contributed by atoms with Crippen LogP contribution in [0.1, 0.15) is 13.8 Å². The molecule has 1 rings (SSSR count). The Morgan fingerprint density at radius 2 is 1.25 bits per heavy atom. The molecule has 0 spiro atoms. The quantitative estimate of drug-likeness (QED) is 0.607. The second kappa shape index (κ2) is 5.45. The minimum absolute atomic E-state index is 0.357. The van der Waals surface area contributed by atoms with Crippen LogP contribution >= 0.6 is 31.9 Å². The molecule has 4 nitrogen and oxygen atoms in total. The molecule has 0 saturated heterocycles. The topological polar surface area (TPSA) is 52.6 Å². The van der Waals surface area contributed by atoms with E-state index >= 15 is 0 Å². The summed E-state index contributed by atoms with van der Waals surface area (Å²) < 4.78 is 10.9. The second-order valence-corrected chi connectivity index (χ2v) is 4.61. The molecule has 0 bridgehead atoms. The van der Waals surface area contributed by atoms with Crippen molar-refractivity contribution in [2.45, 2.75) is 13.8 Å². The van der Waals surface area contributed by atoms with E-state index in [9.17, 15) is 9.59 Å². The van der Waals surface area contributed by atoms with Crippen molar-refractivity contribution >= 4 is 43.8 Å². The minimum atomic E-state index is -0.423. The van der Waals surface area contributed by atoms with E-state index in [0.717, 1.165) is 0 Å². The van der Waals surface area contributed by atoms with Crippen molar-refractivity contribution < 1.29 is 19.1 Å². The molecule has 86 valence electrons. The van der Waals surface area contributed by atoms with E-state index in [1.54, 1.807) is 12.1 Å². The smallest absolute Gasteiger partial charge is 0.308 e. The van der Waals surface area contributed by atoms with Gasteiger partial charge in [0.1, 0.15) is 11.5 Å². The highest BCUT2D eigenvalue weighted by molar-refractivity contribution is 9.11. The number of benzene rings is 1. The highest BCUT2D eigenvalue weighted by atomic mass is 79.9. The predicted molar refractivity (Wildman–Crippen MR) is 64.5 cm³/mol. The Bertz CT molecular complexity index is 401. The highest BCUT2D eigenvalue weighted by Crippen LogP contribution is 2.36. The third-order valence-corrected chi connectivity index (χ3v) is 2.73.